The summed E-state index contributed by atoms with van der Waals surface area (Å²) in [6.07, 6.45) is -6.33. The lowest BCUT2D eigenvalue weighted by Gasteiger charge is -2.35. The molecule has 270 valence electrons. The Balaban J connectivity index is 1.75. The van der Waals surface area contributed by atoms with Gasteiger partial charge in [-0.1, -0.05) is 36.4 Å². The van der Waals surface area contributed by atoms with Crippen molar-refractivity contribution in [3.8, 4) is 17.2 Å². The van der Waals surface area contributed by atoms with Crippen molar-refractivity contribution in [3.05, 3.63) is 88.7 Å². The van der Waals surface area contributed by atoms with E-state index >= 15 is 4.39 Å². The third-order valence-electron chi connectivity index (χ3n) is 7.79. The normalized spacial score (nSPS) is 17.4. The molecule has 0 aromatic heterocycles. The van der Waals surface area contributed by atoms with E-state index in [4.69, 9.17) is 18.9 Å². The minimum absolute atomic E-state index is 0.0109. The molecular formula is C31H28F10O7S. The zero-order chi connectivity index (χ0) is 36.4. The van der Waals surface area contributed by atoms with Gasteiger partial charge in [0.05, 0.1) is 20.3 Å². The van der Waals surface area contributed by atoms with Crippen LogP contribution in [0.15, 0.2) is 60.7 Å². The van der Waals surface area contributed by atoms with E-state index in [1.165, 1.54) is 7.11 Å². The van der Waals surface area contributed by atoms with Crippen molar-refractivity contribution in [2.45, 2.75) is 48.0 Å². The topological polar surface area (TPSA) is 80.3 Å². The molecule has 0 saturated heterocycles. The molecule has 0 unspecified atom stereocenters. The summed E-state index contributed by atoms with van der Waals surface area (Å²) in [5.41, 5.74) is 2.15. The molecule has 3 aromatic rings. The Morgan fingerprint density at radius 3 is 2.08 bits per heavy atom. The van der Waals surface area contributed by atoms with Crippen LogP contribution in [0, 0.1) is 5.82 Å². The first kappa shape index (κ1) is 38.0. The summed E-state index contributed by atoms with van der Waals surface area (Å²) in [5.74, 6) is -19.7. The minimum atomic E-state index is -7.56. The van der Waals surface area contributed by atoms with Crippen molar-refractivity contribution in [1.29, 1.82) is 0 Å². The van der Waals surface area contributed by atoms with Gasteiger partial charge in [0.1, 0.15) is 11.5 Å². The second-order valence-corrected chi connectivity index (χ2v) is 12.4. The fourth-order valence-corrected chi connectivity index (χ4v) is 6.27. The predicted octanol–water partition coefficient (Wildman–Crippen LogP) is 7.83. The number of hydrogen-bond acceptors (Lipinski definition) is 7. The van der Waals surface area contributed by atoms with Gasteiger partial charge in [0.2, 0.25) is 0 Å². The standard InChI is InChI=1S/C31H28F10O7S/c1-44-12-13-46-17-47-20-9-11-22-19(14-20)8-10-21(18-6-4-3-5-7-18)27(22)23-15-24(32)26(16-25(23)45-2)48-49(42,43)31(40,41)29(35,36)28(33,34)30(37,38)39/h3-7,9,11,14-16,21,27H,8,10,12-13,17H2,1-2H3/t21-,27+/m1/s1. The van der Waals surface area contributed by atoms with Crippen LogP contribution in [0.1, 0.15) is 40.5 Å². The predicted molar refractivity (Wildman–Crippen MR) is 153 cm³/mol. The summed E-state index contributed by atoms with van der Waals surface area (Å²) in [5, 5.41) is -7.19. The molecular weight excluding hydrogens is 706 g/mol. The molecule has 0 saturated carbocycles. The van der Waals surface area contributed by atoms with E-state index in [1.807, 2.05) is 0 Å². The van der Waals surface area contributed by atoms with E-state index in [1.54, 1.807) is 48.5 Å². The van der Waals surface area contributed by atoms with E-state index in [9.17, 15) is 47.9 Å². The molecule has 3 aromatic carbocycles. The SMILES string of the molecule is COCCOCOc1ccc2c(c1)CC[C@H](c1ccccc1)[C@@H]2c1cc(F)c(OS(=O)(=O)C(F)(F)C(F)(F)C(F)(F)C(F)(F)F)cc1OC. The molecule has 7 nitrogen and oxygen atoms in total. The summed E-state index contributed by atoms with van der Waals surface area (Å²) in [6, 6.07) is 14.9. The lowest BCUT2D eigenvalue weighted by atomic mass is 9.69. The number of hydrogen-bond donors (Lipinski definition) is 0. The number of ether oxygens (including phenoxy) is 4. The van der Waals surface area contributed by atoms with E-state index in [0.29, 0.717) is 42.9 Å². The van der Waals surface area contributed by atoms with Gasteiger partial charge in [0.15, 0.2) is 18.4 Å². The van der Waals surface area contributed by atoms with Gasteiger partial charge in [-0.15, -0.1) is 0 Å². The maximum absolute atomic E-state index is 15.5. The van der Waals surface area contributed by atoms with Crippen LogP contribution in [0.25, 0.3) is 0 Å². The van der Waals surface area contributed by atoms with Crippen molar-refractivity contribution in [2.24, 2.45) is 0 Å². The molecule has 2 atom stereocenters. The molecule has 0 aliphatic heterocycles. The summed E-state index contributed by atoms with van der Waals surface area (Å²) in [6.45, 7) is 0.516. The molecule has 0 heterocycles. The molecule has 49 heavy (non-hydrogen) atoms. The van der Waals surface area contributed by atoms with Gasteiger partial charge < -0.3 is 23.1 Å². The van der Waals surface area contributed by atoms with Crippen LogP contribution < -0.4 is 13.7 Å². The van der Waals surface area contributed by atoms with Crippen LogP contribution in [0.5, 0.6) is 17.2 Å². The maximum Gasteiger partial charge on any atom is 0.460 e. The van der Waals surface area contributed by atoms with Crippen LogP contribution >= 0.6 is 0 Å². The minimum Gasteiger partial charge on any atom is -0.496 e. The number of methoxy groups -OCH3 is 2. The molecule has 1 aliphatic carbocycles. The van der Waals surface area contributed by atoms with Gasteiger partial charge in [-0.2, -0.15) is 47.9 Å². The van der Waals surface area contributed by atoms with Crippen molar-refractivity contribution in [3.63, 3.8) is 0 Å². The highest BCUT2D eigenvalue weighted by Gasteiger charge is 2.86. The van der Waals surface area contributed by atoms with Crippen LogP contribution in [-0.4, -0.2) is 65.9 Å². The van der Waals surface area contributed by atoms with Crippen molar-refractivity contribution in [2.75, 3.05) is 34.2 Å². The Morgan fingerprint density at radius 2 is 1.47 bits per heavy atom. The summed E-state index contributed by atoms with van der Waals surface area (Å²) >= 11 is 0. The van der Waals surface area contributed by atoms with Gasteiger partial charge in [0, 0.05) is 24.7 Å². The third-order valence-corrected chi connectivity index (χ3v) is 9.08. The molecule has 0 fully saturated rings. The zero-order valence-electron chi connectivity index (χ0n) is 25.5. The Morgan fingerprint density at radius 1 is 0.796 bits per heavy atom. The van der Waals surface area contributed by atoms with Crippen molar-refractivity contribution in [1.82, 2.24) is 0 Å². The second kappa shape index (κ2) is 14.2. The van der Waals surface area contributed by atoms with Crippen LogP contribution in [0.2, 0.25) is 0 Å². The Kier molecular flexibility index (Phi) is 11.0. The first-order valence-corrected chi connectivity index (χ1v) is 15.6. The molecule has 18 heteroatoms. The average Bonchev–Trinajstić information content (AvgIpc) is 3.04. The zero-order valence-corrected chi connectivity index (χ0v) is 26.3. The quantitative estimate of drug-likeness (QED) is 0.0723. The highest BCUT2D eigenvalue weighted by molar-refractivity contribution is 7.88. The molecule has 0 amide bonds. The smallest absolute Gasteiger partial charge is 0.460 e. The lowest BCUT2D eigenvalue weighted by Crippen LogP contribution is -2.63. The Bertz CT molecular complexity index is 1720. The second-order valence-electron chi connectivity index (χ2n) is 10.8. The molecule has 1 aliphatic rings. The Hall–Kier alpha value is -3.77. The Labute approximate surface area is 273 Å². The fraction of sp³-hybridized carbons (Fsp3) is 0.419. The van der Waals surface area contributed by atoms with E-state index < -0.39 is 62.5 Å². The summed E-state index contributed by atoms with van der Waals surface area (Å²) < 4.78 is 186. The summed E-state index contributed by atoms with van der Waals surface area (Å²) in [4.78, 5) is 0. The van der Waals surface area contributed by atoms with Crippen molar-refractivity contribution < 1.29 is 75.5 Å². The van der Waals surface area contributed by atoms with Gasteiger partial charge in [-0.05, 0) is 53.6 Å². The fourth-order valence-electron chi connectivity index (χ4n) is 5.36. The maximum atomic E-state index is 15.5. The van der Waals surface area contributed by atoms with Gasteiger partial charge in [-0.3, -0.25) is 0 Å². The van der Waals surface area contributed by atoms with E-state index in [-0.39, 0.29) is 19.0 Å². The molecule has 0 N–H and O–H groups in total. The largest absolute Gasteiger partial charge is 0.496 e. The molecule has 0 spiro atoms. The highest BCUT2D eigenvalue weighted by atomic mass is 32.2. The van der Waals surface area contributed by atoms with Gasteiger partial charge >= 0.3 is 33.4 Å². The number of rotatable bonds is 14. The number of aryl methyl sites for hydroxylation is 1. The molecule has 0 bridgehead atoms. The lowest BCUT2D eigenvalue weighted by molar-refractivity contribution is -0.382. The molecule has 0 radical (unpaired) electrons. The number of fused-ring (bicyclic) bond motifs is 1. The average molecular weight is 735 g/mol. The number of halogens is 10. The van der Waals surface area contributed by atoms with Gasteiger partial charge in [-0.25, -0.2) is 4.39 Å². The summed E-state index contributed by atoms with van der Waals surface area (Å²) in [7, 11) is -4.89. The number of benzene rings is 3. The third kappa shape index (κ3) is 7.26. The van der Waals surface area contributed by atoms with Crippen molar-refractivity contribution >= 4 is 10.1 Å². The highest BCUT2D eigenvalue weighted by Crippen LogP contribution is 2.55. The van der Waals surface area contributed by atoms with E-state index in [0.717, 1.165) is 18.2 Å². The first-order valence-electron chi connectivity index (χ1n) is 14.2. The number of alkyl halides is 9. The first-order chi connectivity index (χ1) is 22.8. The van der Waals surface area contributed by atoms with Gasteiger partial charge in [0.25, 0.3) is 0 Å². The van der Waals surface area contributed by atoms with Crippen LogP contribution in [-0.2, 0) is 26.0 Å². The molecule has 4 rings (SSSR count). The monoisotopic (exact) mass is 734 g/mol. The van der Waals surface area contributed by atoms with E-state index in [2.05, 4.69) is 4.18 Å². The van der Waals surface area contributed by atoms with Crippen LogP contribution in [0.4, 0.5) is 43.9 Å². The van der Waals surface area contributed by atoms with Crippen LogP contribution in [0.3, 0.4) is 0 Å².